The third-order valence-electron chi connectivity index (χ3n) is 4.32. The van der Waals surface area contributed by atoms with E-state index < -0.39 is 9.84 Å². The van der Waals surface area contributed by atoms with E-state index in [1.54, 1.807) is 0 Å². The molecule has 1 heterocycles. The van der Waals surface area contributed by atoms with Gasteiger partial charge in [0.25, 0.3) is 0 Å². The smallest absolute Gasteiger partial charge is 0.410 e. The Morgan fingerprint density at radius 2 is 1.74 bits per heavy atom. The fraction of sp³-hybridized carbons (Fsp3) is 0.923. The molecule has 2 fully saturated rings. The molecule has 0 aromatic rings. The second-order valence-electron chi connectivity index (χ2n) is 5.60. The quantitative estimate of drug-likeness (QED) is 0.779. The van der Waals surface area contributed by atoms with Gasteiger partial charge in [-0.25, -0.2) is 13.2 Å². The molecule has 0 radical (unpaired) electrons. The molecular weight excluding hydrogens is 266 g/mol. The lowest BCUT2D eigenvalue weighted by Gasteiger charge is -2.38. The monoisotopic (exact) mass is 289 g/mol. The highest BCUT2D eigenvalue weighted by atomic mass is 32.2. The van der Waals surface area contributed by atoms with Gasteiger partial charge in [0.2, 0.25) is 0 Å². The Balaban J connectivity index is 1.93. The molecule has 19 heavy (non-hydrogen) atoms. The third kappa shape index (κ3) is 3.61. The van der Waals surface area contributed by atoms with Crippen molar-refractivity contribution in [2.45, 2.75) is 51.0 Å². The molecule has 2 rings (SSSR count). The summed E-state index contributed by atoms with van der Waals surface area (Å²) in [6.45, 7) is 2.58. The summed E-state index contributed by atoms with van der Waals surface area (Å²) in [7, 11) is -2.95. The molecule has 2 aliphatic rings. The fourth-order valence-electron chi connectivity index (χ4n) is 2.87. The van der Waals surface area contributed by atoms with Crippen molar-refractivity contribution in [3.63, 3.8) is 0 Å². The van der Waals surface area contributed by atoms with Crippen molar-refractivity contribution in [3.05, 3.63) is 0 Å². The van der Waals surface area contributed by atoms with Gasteiger partial charge in [-0.2, -0.15) is 0 Å². The van der Waals surface area contributed by atoms with Gasteiger partial charge in [0.1, 0.15) is 5.60 Å². The Hall–Kier alpha value is -0.780. The van der Waals surface area contributed by atoms with E-state index in [1.807, 2.05) is 0 Å². The number of hydrogen-bond donors (Lipinski definition) is 0. The van der Waals surface area contributed by atoms with Crippen LogP contribution in [0.1, 0.15) is 45.4 Å². The Bertz CT molecular complexity index is 412. The van der Waals surface area contributed by atoms with Crippen molar-refractivity contribution in [2.24, 2.45) is 0 Å². The standard InChI is InChI=1S/C13H23NO4S/c1-2-13(6-4-3-5-7-13)18-12(15)14-8-10-19(16,17)11-9-14/h2-11H2,1H3. The van der Waals surface area contributed by atoms with Gasteiger partial charge < -0.3 is 9.64 Å². The van der Waals surface area contributed by atoms with Gasteiger partial charge in [-0.15, -0.1) is 0 Å². The van der Waals surface area contributed by atoms with Crippen LogP contribution in [0.4, 0.5) is 4.79 Å². The number of ether oxygens (including phenoxy) is 1. The van der Waals surface area contributed by atoms with E-state index >= 15 is 0 Å². The van der Waals surface area contributed by atoms with Crippen molar-refractivity contribution in [3.8, 4) is 0 Å². The lowest BCUT2D eigenvalue weighted by atomic mass is 9.83. The van der Waals surface area contributed by atoms with Gasteiger partial charge in [0.15, 0.2) is 9.84 Å². The van der Waals surface area contributed by atoms with E-state index in [4.69, 9.17) is 4.74 Å². The summed E-state index contributed by atoms with van der Waals surface area (Å²) in [5.74, 6) is 0.114. The third-order valence-corrected chi connectivity index (χ3v) is 5.92. The maximum atomic E-state index is 12.2. The van der Waals surface area contributed by atoms with E-state index in [0.29, 0.717) is 0 Å². The Morgan fingerprint density at radius 3 is 2.26 bits per heavy atom. The minimum Gasteiger partial charge on any atom is -0.443 e. The summed E-state index contributed by atoms with van der Waals surface area (Å²) < 4.78 is 28.4. The number of nitrogens with zero attached hydrogens (tertiary/aromatic N) is 1. The molecule has 1 saturated heterocycles. The summed E-state index contributed by atoms with van der Waals surface area (Å²) in [4.78, 5) is 13.7. The predicted molar refractivity (Wildman–Crippen MR) is 72.8 cm³/mol. The number of sulfone groups is 1. The first-order valence-corrected chi connectivity index (χ1v) is 8.97. The average Bonchev–Trinajstić information content (AvgIpc) is 2.39. The molecule has 1 aliphatic carbocycles. The van der Waals surface area contributed by atoms with Crippen LogP contribution in [0.15, 0.2) is 0 Å². The van der Waals surface area contributed by atoms with Crippen LogP contribution in [0, 0.1) is 0 Å². The highest BCUT2D eigenvalue weighted by Gasteiger charge is 2.36. The number of carbonyl (C=O) groups excluding carboxylic acids is 1. The molecule has 5 nitrogen and oxygen atoms in total. The van der Waals surface area contributed by atoms with Gasteiger partial charge in [-0.05, 0) is 32.1 Å². The fourth-order valence-corrected chi connectivity index (χ4v) is 4.07. The molecule has 0 aromatic carbocycles. The van der Waals surface area contributed by atoms with Gasteiger partial charge in [0.05, 0.1) is 11.5 Å². The molecule has 0 atom stereocenters. The number of rotatable bonds is 2. The lowest BCUT2D eigenvalue weighted by Crippen LogP contribution is -2.47. The van der Waals surface area contributed by atoms with Crippen LogP contribution in [-0.4, -0.2) is 49.6 Å². The SMILES string of the molecule is CCC1(OC(=O)N2CCS(=O)(=O)CC2)CCCCC1. The Kier molecular flexibility index (Phi) is 4.38. The predicted octanol–water partition coefficient (Wildman–Crippen LogP) is 1.97. The van der Waals surface area contributed by atoms with Crippen molar-refractivity contribution in [1.29, 1.82) is 0 Å². The highest BCUT2D eigenvalue weighted by molar-refractivity contribution is 7.91. The molecule has 110 valence electrons. The molecule has 0 unspecified atom stereocenters. The van der Waals surface area contributed by atoms with Gasteiger partial charge in [0, 0.05) is 13.1 Å². The molecule has 1 amide bonds. The van der Waals surface area contributed by atoms with Crippen LogP contribution in [0.2, 0.25) is 0 Å². The largest absolute Gasteiger partial charge is 0.443 e. The summed E-state index contributed by atoms with van der Waals surface area (Å²) in [5.41, 5.74) is -0.314. The highest BCUT2D eigenvalue weighted by Crippen LogP contribution is 2.34. The zero-order chi connectivity index (χ0) is 13.9. The zero-order valence-corrected chi connectivity index (χ0v) is 12.4. The first-order valence-electron chi connectivity index (χ1n) is 7.15. The van der Waals surface area contributed by atoms with Crippen molar-refractivity contribution in [1.82, 2.24) is 4.90 Å². The molecule has 0 N–H and O–H groups in total. The summed E-state index contributed by atoms with van der Waals surface area (Å²) in [5, 5.41) is 0. The number of carbonyl (C=O) groups is 1. The van der Waals surface area contributed by atoms with Gasteiger partial charge >= 0.3 is 6.09 Å². The van der Waals surface area contributed by atoms with Crippen LogP contribution in [0.25, 0.3) is 0 Å². The van der Waals surface area contributed by atoms with E-state index in [1.165, 1.54) is 11.3 Å². The second kappa shape index (κ2) is 5.69. The molecular formula is C13H23NO4S. The summed E-state index contributed by atoms with van der Waals surface area (Å²) in [6.07, 6.45) is 5.79. The normalized spacial score (nSPS) is 25.8. The zero-order valence-electron chi connectivity index (χ0n) is 11.6. The van der Waals surface area contributed by atoms with E-state index in [0.717, 1.165) is 32.1 Å². The number of hydrogen-bond acceptors (Lipinski definition) is 4. The minimum absolute atomic E-state index is 0.0568. The Morgan fingerprint density at radius 1 is 1.16 bits per heavy atom. The molecule has 1 aliphatic heterocycles. The van der Waals surface area contributed by atoms with Crippen molar-refractivity contribution >= 4 is 15.9 Å². The van der Waals surface area contributed by atoms with Crippen LogP contribution < -0.4 is 0 Å². The van der Waals surface area contributed by atoms with E-state index in [9.17, 15) is 13.2 Å². The van der Waals surface area contributed by atoms with Crippen molar-refractivity contribution < 1.29 is 17.9 Å². The minimum atomic E-state index is -2.95. The maximum absolute atomic E-state index is 12.2. The maximum Gasteiger partial charge on any atom is 0.410 e. The topological polar surface area (TPSA) is 63.7 Å². The van der Waals surface area contributed by atoms with Crippen LogP contribution >= 0.6 is 0 Å². The Labute approximate surface area is 115 Å². The second-order valence-corrected chi connectivity index (χ2v) is 7.91. The lowest BCUT2D eigenvalue weighted by molar-refractivity contribution is -0.0351. The van der Waals surface area contributed by atoms with Crippen LogP contribution in [-0.2, 0) is 14.6 Å². The average molecular weight is 289 g/mol. The summed E-state index contributed by atoms with van der Waals surface area (Å²) >= 11 is 0. The molecule has 0 bridgehead atoms. The number of amides is 1. The van der Waals surface area contributed by atoms with Crippen molar-refractivity contribution in [2.75, 3.05) is 24.6 Å². The molecule has 0 spiro atoms. The summed E-state index contributed by atoms with van der Waals surface area (Å²) in [6, 6.07) is 0. The van der Waals surface area contributed by atoms with Crippen LogP contribution in [0.5, 0.6) is 0 Å². The molecule has 0 aromatic heterocycles. The van der Waals surface area contributed by atoms with E-state index in [2.05, 4.69) is 6.92 Å². The van der Waals surface area contributed by atoms with Gasteiger partial charge in [-0.3, -0.25) is 0 Å². The molecule has 1 saturated carbocycles. The molecule has 6 heteroatoms. The first-order chi connectivity index (χ1) is 8.96. The van der Waals surface area contributed by atoms with E-state index in [-0.39, 0.29) is 36.3 Å². The van der Waals surface area contributed by atoms with Crippen LogP contribution in [0.3, 0.4) is 0 Å². The van der Waals surface area contributed by atoms with Gasteiger partial charge in [-0.1, -0.05) is 13.3 Å². The first kappa shape index (κ1) is 14.6.